The molecular formula is C18H17Cl2N3O4. The zero-order valence-corrected chi connectivity index (χ0v) is 16.6. The molecule has 3 rings (SSSR count). The quantitative estimate of drug-likeness (QED) is 0.769. The number of carbonyl (C=O) groups excluding carboxylic acids is 1. The number of aromatic nitrogens is 2. The first-order valence-corrected chi connectivity index (χ1v) is 8.75. The lowest BCUT2D eigenvalue weighted by molar-refractivity contribution is -0.136. The van der Waals surface area contributed by atoms with Gasteiger partial charge in [0.15, 0.2) is 0 Å². The second-order valence-electron chi connectivity index (χ2n) is 6.22. The Morgan fingerprint density at radius 3 is 2.44 bits per heavy atom. The molecule has 0 radical (unpaired) electrons. The number of allylic oxidation sites excluding steroid dienone is 1. The van der Waals surface area contributed by atoms with E-state index < -0.39 is 23.1 Å². The van der Waals surface area contributed by atoms with E-state index in [9.17, 15) is 14.4 Å². The van der Waals surface area contributed by atoms with Gasteiger partial charge in [-0.1, -0.05) is 29.3 Å². The first-order valence-electron chi connectivity index (χ1n) is 8.00. The highest BCUT2D eigenvalue weighted by atomic mass is 35.5. The smallest absolute Gasteiger partial charge is 0.336 e. The number of halogens is 2. The second-order valence-corrected chi connectivity index (χ2v) is 7.07. The number of hydrogen-bond donors (Lipinski definition) is 1. The number of nitrogens with one attached hydrogen (secondary N) is 1. The molecule has 142 valence electrons. The minimum Gasteiger partial charge on any atom is -0.466 e. The minimum absolute atomic E-state index is 0.231. The molecule has 0 saturated heterocycles. The molecule has 1 aliphatic rings. The maximum Gasteiger partial charge on any atom is 0.336 e. The van der Waals surface area contributed by atoms with Crippen LogP contribution in [0, 0.1) is 0 Å². The van der Waals surface area contributed by atoms with Crippen molar-refractivity contribution in [2.24, 2.45) is 14.1 Å². The van der Waals surface area contributed by atoms with Crippen LogP contribution in [0.1, 0.15) is 24.0 Å². The van der Waals surface area contributed by atoms with Crippen LogP contribution in [-0.2, 0) is 23.6 Å². The molecule has 0 fully saturated rings. The number of hydrogen-bond acceptors (Lipinski definition) is 5. The SMILES string of the molecule is COC(=O)C1=C(C)Nc2c(c(=O)n(C)c(=O)n2C)[C@H]1c1ccc(Cl)cc1Cl. The summed E-state index contributed by atoms with van der Waals surface area (Å²) in [5, 5.41) is 3.71. The van der Waals surface area contributed by atoms with Crippen molar-refractivity contribution in [2.75, 3.05) is 12.4 Å². The standard InChI is InChI=1S/C18H17Cl2N3O4/c1-8-12(17(25)27-4)13(10-6-5-9(19)7-11(10)20)14-15(21-8)22(2)18(26)23(3)16(14)24/h5-7,13,21H,1-4H3/t13-/m0/s1. The Morgan fingerprint density at radius 1 is 1.19 bits per heavy atom. The third kappa shape index (κ3) is 2.96. The van der Waals surface area contributed by atoms with Crippen LogP contribution in [0.25, 0.3) is 0 Å². The zero-order chi connectivity index (χ0) is 20.0. The Kier molecular flexibility index (Phi) is 4.92. The van der Waals surface area contributed by atoms with E-state index in [2.05, 4.69) is 5.32 Å². The fourth-order valence-electron chi connectivity index (χ4n) is 3.31. The van der Waals surface area contributed by atoms with Crippen LogP contribution in [0.5, 0.6) is 0 Å². The molecule has 0 aliphatic carbocycles. The van der Waals surface area contributed by atoms with E-state index in [-0.39, 0.29) is 11.1 Å². The summed E-state index contributed by atoms with van der Waals surface area (Å²) in [6.07, 6.45) is 0. The van der Waals surface area contributed by atoms with Crippen LogP contribution in [-0.4, -0.2) is 22.2 Å². The van der Waals surface area contributed by atoms with Crippen molar-refractivity contribution in [2.45, 2.75) is 12.8 Å². The summed E-state index contributed by atoms with van der Waals surface area (Å²) in [6, 6.07) is 4.82. The van der Waals surface area contributed by atoms with Crippen molar-refractivity contribution < 1.29 is 9.53 Å². The van der Waals surface area contributed by atoms with E-state index in [1.165, 1.54) is 24.8 Å². The molecule has 2 aromatic rings. The molecule has 1 atom stereocenters. The van der Waals surface area contributed by atoms with Crippen molar-refractivity contribution >= 4 is 35.0 Å². The van der Waals surface area contributed by atoms with Crippen LogP contribution in [0.4, 0.5) is 5.82 Å². The van der Waals surface area contributed by atoms with Crippen LogP contribution < -0.4 is 16.6 Å². The van der Waals surface area contributed by atoms with Crippen molar-refractivity contribution in [3.63, 3.8) is 0 Å². The number of benzene rings is 1. The lowest BCUT2D eigenvalue weighted by atomic mass is 9.82. The molecule has 27 heavy (non-hydrogen) atoms. The summed E-state index contributed by atoms with van der Waals surface area (Å²) in [5.74, 6) is -1.11. The Labute approximate surface area is 164 Å². The minimum atomic E-state index is -0.816. The zero-order valence-electron chi connectivity index (χ0n) is 15.1. The lowest BCUT2D eigenvalue weighted by Gasteiger charge is -2.31. The average Bonchev–Trinajstić information content (AvgIpc) is 2.63. The average molecular weight is 410 g/mol. The van der Waals surface area contributed by atoms with Gasteiger partial charge in [-0.2, -0.15) is 0 Å². The Balaban J connectivity index is 2.45. The topological polar surface area (TPSA) is 82.3 Å². The third-order valence-corrected chi connectivity index (χ3v) is 5.23. The molecule has 0 bridgehead atoms. The van der Waals surface area contributed by atoms with Gasteiger partial charge in [-0.05, 0) is 24.6 Å². The Bertz CT molecular complexity index is 1110. The van der Waals surface area contributed by atoms with Crippen molar-refractivity contribution in [3.8, 4) is 0 Å². The second kappa shape index (κ2) is 6.90. The molecule has 1 N–H and O–H groups in total. The summed E-state index contributed by atoms with van der Waals surface area (Å²) in [5.41, 5.74) is 0.444. The van der Waals surface area contributed by atoms with E-state index in [0.29, 0.717) is 27.1 Å². The first kappa shape index (κ1) is 19.3. The lowest BCUT2D eigenvalue weighted by Crippen LogP contribution is -2.43. The third-order valence-electron chi connectivity index (χ3n) is 4.67. The Hall–Kier alpha value is -2.51. The molecule has 9 heteroatoms. The van der Waals surface area contributed by atoms with Crippen LogP contribution in [0.2, 0.25) is 10.0 Å². The van der Waals surface area contributed by atoms with Gasteiger partial charge in [0.2, 0.25) is 0 Å². The molecule has 0 unspecified atom stereocenters. The van der Waals surface area contributed by atoms with Gasteiger partial charge >= 0.3 is 11.7 Å². The van der Waals surface area contributed by atoms with Gasteiger partial charge in [-0.25, -0.2) is 9.59 Å². The number of methoxy groups -OCH3 is 1. The van der Waals surface area contributed by atoms with Gasteiger partial charge in [-0.15, -0.1) is 0 Å². The number of nitrogens with zero attached hydrogens (tertiary/aromatic N) is 2. The molecular weight excluding hydrogens is 393 g/mol. The molecule has 0 saturated carbocycles. The molecule has 1 aliphatic heterocycles. The highest BCUT2D eigenvalue weighted by Gasteiger charge is 2.38. The number of esters is 1. The van der Waals surface area contributed by atoms with Gasteiger partial charge in [0.25, 0.3) is 5.56 Å². The van der Waals surface area contributed by atoms with Crippen molar-refractivity contribution in [1.82, 2.24) is 9.13 Å². The summed E-state index contributed by atoms with van der Waals surface area (Å²) in [7, 11) is 4.19. The summed E-state index contributed by atoms with van der Waals surface area (Å²) < 4.78 is 7.25. The van der Waals surface area contributed by atoms with E-state index >= 15 is 0 Å². The van der Waals surface area contributed by atoms with Crippen molar-refractivity contribution in [3.05, 3.63) is 71.5 Å². The van der Waals surface area contributed by atoms with Gasteiger partial charge in [0, 0.05) is 29.8 Å². The molecule has 0 spiro atoms. The number of ether oxygens (including phenoxy) is 1. The largest absolute Gasteiger partial charge is 0.466 e. The summed E-state index contributed by atoms with van der Waals surface area (Å²) in [6.45, 7) is 1.67. The molecule has 1 aromatic carbocycles. The van der Waals surface area contributed by atoms with Gasteiger partial charge in [0.1, 0.15) is 5.82 Å². The number of rotatable bonds is 2. The molecule has 0 amide bonds. The number of carbonyl (C=O) groups is 1. The predicted molar refractivity (Wildman–Crippen MR) is 104 cm³/mol. The van der Waals surface area contributed by atoms with Crippen molar-refractivity contribution in [1.29, 1.82) is 0 Å². The van der Waals surface area contributed by atoms with Gasteiger partial charge < -0.3 is 10.1 Å². The van der Waals surface area contributed by atoms with Crippen LogP contribution in [0.3, 0.4) is 0 Å². The number of fused-ring (bicyclic) bond motifs is 1. The van der Waals surface area contributed by atoms with E-state index in [0.717, 1.165) is 4.57 Å². The van der Waals surface area contributed by atoms with Gasteiger partial charge in [0.05, 0.1) is 24.2 Å². The fraction of sp³-hybridized carbons (Fsp3) is 0.278. The molecule has 2 heterocycles. The summed E-state index contributed by atoms with van der Waals surface area (Å²) in [4.78, 5) is 37.8. The molecule has 1 aromatic heterocycles. The first-order chi connectivity index (χ1) is 12.7. The number of anilines is 1. The molecule has 7 nitrogen and oxygen atoms in total. The van der Waals surface area contributed by atoms with Crippen LogP contribution in [0.15, 0.2) is 39.1 Å². The summed E-state index contributed by atoms with van der Waals surface area (Å²) >= 11 is 12.4. The highest BCUT2D eigenvalue weighted by molar-refractivity contribution is 6.35. The predicted octanol–water partition coefficient (Wildman–Crippen LogP) is 2.40. The van der Waals surface area contributed by atoms with E-state index in [1.54, 1.807) is 26.1 Å². The van der Waals surface area contributed by atoms with E-state index in [4.69, 9.17) is 27.9 Å². The van der Waals surface area contributed by atoms with Crippen LogP contribution >= 0.6 is 23.2 Å². The Morgan fingerprint density at radius 2 is 1.85 bits per heavy atom. The maximum atomic E-state index is 13.0. The highest BCUT2D eigenvalue weighted by Crippen LogP contribution is 2.42. The normalized spacial score (nSPS) is 16.0. The maximum absolute atomic E-state index is 13.0. The van der Waals surface area contributed by atoms with Gasteiger partial charge in [-0.3, -0.25) is 13.9 Å². The fourth-order valence-corrected chi connectivity index (χ4v) is 3.83. The van der Waals surface area contributed by atoms with E-state index in [1.807, 2.05) is 0 Å². The monoisotopic (exact) mass is 409 g/mol.